The summed E-state index contributed by atoms with van der Waals surface area (Å²) < 4.78 is 1.74. The van der Waals surface area contributed by atoms with Crippen LogP contribution in [-0.2, 0) is 18.3 Å². The van der Waals surface area contributed by atoms with Gasteiger partial charge in [0, 0.05) is 13.2 Å². The van der Waals surface area contributed by atoms with E-state index in [1.165, 1.54) is 6.42 Å². The first-order valence-corrected chi connectivity index (χ1v) is 6.76. The Bertz CT molecular complexity index is 427. The molecule has 4 heteroatoms. The molecule has 18 heavy (non-hydrogen) atoms. The number of rotatable bonds is 4. The average Bonchev–Trinajstić information content (AvgIpc) is 2.74. The van der Waals surface area contributed by atoms with Crippen molar-refractivity contribution in [2.75, 3.05) is 0 Å². The van der Waals surface area contributed by atoms with E-state index in [1.807, 2.05) is 13.2 Å². The normalized spacial score (nSPS) is 28.2. The quantitative estimate of drug-likeness (QED) is 0.893. The van der Waals surface area contributed by atoms with Crippen LogP contribution in [0.5, 0.6) is 0 Å². The van der Waals surface area contributed by atoms with Gasteiger partial charge in [-0.15, -0.1) is 0 Å². The van der Waals surface area contributed by atoms with Crippen LogP contribution in [0.2, 0.25) is 0 Å². The minimum absolute atomic E-state index is 0.562. The second kappa shape index (κ2) is 5.12. The number of aryl methyl sites for hydroxylation is 1. The van der Waals surface area contributed by atoms with Gasteiger partial charge < -0.3 is 5.11 Å². The van der Waals surface area contributed by atoms with Crippen molar-refractivity contribution < 1.29 is 9.90 Å². The third-order valence-electron chi connectivity index (χ3n) is 4.28. The SMILES string of the molecule is CCC1CCCC(Cc2cnn(C)c2)(C(=O)O)C1. The summed E-state index contributed by atoms with van der Waals surface area (Å²) in [6.07, 6.45) is 9.25. The van der Waals surface area contributed by atoms with Crippen molar-refractivity contribution in [2.24, 2.45) is 18.4 Å². The molecule has 1 saturated carbocycles. The predicted octanol–water partition coefficient (Wildman–Crippen LogP) is 2.63. The van der Waals surface area contributed by atoms with Crippen LogP contribution >= 0.6 is 0 Å². The molecular weight excluding hydrogens is 228 g/mol. The molecule has 1 N–H and O–H groups in total. The molecule has 100 valence electrons. The van der Waals surface area contributed by atoms with Crippen LogP contribution in [0.1, 0.15) is 44.6 Å². The second-order valence-electron chi connectivity index (χ2n) is 5.66. The maximum atomic E-state index is 11.7. The molecule has 0 aliphatic heterocycles. The zero-order valence-corrected chi connectivity index (χ0v) is 11.2. The molecule has 2 rings (SSSR count). The van der Waals surface area contributed by atoms with Gasteiger partial charge >= 0.3 is 5.97 Å². The number of aromatic nitrogens is 2. The highest BCUT2D eigenvalue weighted by atomic mass is 16.4. The Labute approximate surface area is 108 Å². The van der Waals surface area contributed by atoms with Gasteiger partial charge in [-0.2, -0.15) is 5.10 Å². The summed E-state index contributed by atoms with van der Waals surface area (Å²) in [4.78, 5) is 11.7. The third-order valence-corrected chi connectivity index (χ3v) is 4.28. The summed E-state index contributed by atoms with van der Waals surface area (Å²) in [5.74, 6) is -0.0731. The van der Waals surface area contributed by atoms with Crippen molar-refractivity contribution in [3.8, 4) is 0 Å². The van der Waals surface area contributed by atoms with Gasteiger partial charge in [-0.3, -0.25) is 9.48 Å². The molecule has 1 fully saturated rings. The number of carbonyl (C=O) groups is 1. The Morgan fingerprint density at radius 3 is 3.00 bits per heavy atom. The zero-order chi connectivity index (χ0) is 13.2. The van der Waals surface area contributed by atoms with E-state index in [9.17, 15) is 9.90 Å². The standard InChI is InChI=1S/C14H22N2O2/c1-3-11-5-4-6-14(7-11,13(17)18)8-12-9-15-16(2)10-12/h9-11H,3-8H2,1-2H3,(H,17,18). The fourth-order valence-electron chi connectivity index (χ4n) is 3.22. The molecule has 1 heterocycles. The molecule has 4 nitrogen and oxygen atoms in total. The van der Waals surface area contributed by atoms with Crippen LogP contribution in [0.3, 0.4) is 0 Å². The van der Waals surface area contributed by atoms with E-state index in [0.717, 1.165) is 31.2 Å². The van der Waals surface area contributed by atoms with Crippen LogP contribution in [0.15, 0.2) is 12.4 Å². The number of aliphatic carboxylic acids is 1. The smallest absolute Gasteiger partial charge is 0.309 e. The van der Waals surface area contributed by atoms with E-state index in [1.54, 1.807) is 10.9 Å². The first-order valence-electron chi connectivity index (χ1n) is 6.76. The van der Waals surface area contributed by atoms with Gasteiger partial charge in [0.15, 0.2) is 0 Å². The minimum Gasteiger partial charge on any atom is -0.481 e. The number of hydrogen-bond acceptors (Lipinski definition) is 2. The van der Waals surface area contributed by atoms with Crippen LogP contribution in [0.4, 0.5) is 0 Å². The van der Waals surface area contributed by atoms with E-state index < -0.39 is 11.4 Å². The highest BCUT2D eigenvalue weighted by molar-refractivity contribution is 5.75. The number of hydrogen-bond donors (Lipinski definition) is 1. The summed E-state index contributed by atoms with van der Waals surface area (Å²) in [6, 6.07) is 0. The Hall–Kier alpha value is -1.32. The molecule has 0 radical (unpaired) electrons. The molecule has 1 aliphatic carbocycles. The molecule has 0 amide bonds. The lowest BCUT2D eigenvalue weighted by Crippen LogP contribution is -2.38. The number of carboxylic acids is 1. The summed E-state index contributed by atoms with van der Waals surface area (Å²) in [5, 5.41) is 13.8. The van der Waals surface area contributed by atoms with E-state index in [2.05, 4.69) is 12.0 Å². The molecular formula is C14H22N2O2. The summed E-state index contributed by atoms with van der Waals surface area (Å²) in [6.45, 7) is 2.16. The van der Waals surface area contributed by atoms with Gasteiger partial charge in [0.2, 0.25) is 0 Å². The highest BCUT2D eigenvalue weighted by Crippen LogP contribution is 2.43. The van der Waals surface area contributed by atoms with Crippen molar-refractivity contribution in [2.45, 2.75) is 45.4 Å². The van der Waals surface area contributed by atoms with Crippen LogP contribution in [0, 0.1) is 11.3 Å². The van der Waals surface area contributed by atoms with Crippen LogP contribution < -0.4 is 0 Å². The zero-order valence-electron chi connectivity index (χ0n) is 11.2. The average molecular weight is 250 g/mol. The fourth-order valence-corrected chi connectivity index (χ4v) is 3.22. The fraction of sp³-hybridized carbons (Fsp3) is 0.714. The van der Waals surface area contributed by atoms with Gasteiger partial charge in [-0.25, -0.2) is 0 Å². The molecule has 0 spiro atoms. The summed E-state index contributed by atoms with van der Waals surface area (Å²) >= 11 is 0. The minimum atomic E-state index is -0.635. The Kier molecular flexibility index (Phi) is 3.73. The Balaban J connectivity index is 2.18. The van der Waals surface area contributed by atoms with E-state index in [0.29, 0.717) is 12.3 Å². The third kappa shape index (κ3) is 2.57. The van der Waals surface area contributed by atoms with Gasteiger partial charge in [0.1, 0.15) is 0 Å². The first-order chi connectivity index (χ1) is 8.55. The van der Waals surface area contributed by atoms with Crippen molar-refractivity contribution >= 4 is 5.97 Å². The highest BCUT2D eigenvalue weighted by Gasteiger charge is 2.42. The first kappa shape index (κ1) is 13.1. The van der Waals surface area contributed by atoms with Crippen molar-refractivity contribution in [3.63, 3.8) is 0 Å². The second-order valence-corrected chi connectivity index (χ2v) is 5.66. The van der Waals surface area contributed by atoms with E-state index in [-0.39, 0.29) is 0 Å². The van der Waals surface area contributed by atoms with Crippen molar-refractivity contribution in [3.05, 3.63) is 18.0 Å². The predicted molar refractivity (Wildman–Crippen MR) is 69.2 cm³/mol. The number of carboxylic acid groups (broad SMARTS) is 1. The lowest BCUT2D eigenvalue weighted by molar-refractivity contribution is -0.152. The van der Waals surface area contributed by atoms with Gasteiger partial charge in [0.05, 0.1) is 11.6 Å². The molecule has 1 aromatic heterocycles. The summed E-state index contributed by atoms with van der Waals surface area (Å²) in [7, 11) is 1.87. The molecule has 1 aromatic rings. The molecule has 1 aliphatic rings. The molecule has 0 saturated heterocycles. The van der Waals surface area contributed by atoms with E-state index in [4.69, 9.17) is 0 Å². The largest absolute Gasteiger partial charge is 0.481 e. The molecule has 0 aromatic carbocycles. The van der Waals surface area contributed by atoms with Crippen LogP contribution in [-0.4, -0.2) is 20.9 Å². The van der Waals surface area contributed by atoms with E-state index >= 15 is 0 Å². The Morgan fingerprint density at radius 1 is 1.67 bits per heavy atom. The van der Waals surface area contributed by atoms with Gasteiger partial charge in [-0.1, -0.05) is 26.2 Å². The maximum Gasteiger partial charge on any atom is 0.309 e. The lowest BCUT2D eigenvalue weighted by Gasteiger charge is -2.37. The molecule has 2 atom stereocenters. The topological polar surface area (TPSA) is 55.1 Å². The molecule has 2 unspecified atom stereocenters. The van der Waals surface area contributed by atoms with Crippen molar-refractivity contribution in [1.29, 1.82) is 0 Å². The maximum absolute atomic E-state index is 11.7. The van der Waals surface area contributed by atoms with Crippen LogP contribution in [0.25, 0.3) is 0 Å². The van der Waals surface area contributed by atoms with Crippen molar-refractivity contribution in [1.82, 2.24) is 9.78 Å². The van der Waals surface area contributed by atoms with Gasteiger partial charge in [0.25, 0.3) is 0 Å². The molecule has 0 bridgehead atoms. The van der Waals surface area contributed by atoms with Gasteiger partial charge in [-0.05, 0) is 30.7 Å². The Morgan fingerprint density at radius 2 is 2.44 bits per heavy atom. The number of nitrogens with zero attached hydrogens (tertiary/aromatic N) is 2. The lowest BCUT2D eigenvalue weighted by atomic mass is 9.66. The monoisotopic (exact) mass is 250 g/mol. The summed E-state index contributed by atoms with van der Waals surface area (Å²) in [5.41, 5.74) is 0.471.